The van der Waals surface area contributed by atoms with Crippen molar-refractivity contribution in [1.82, 2.24) is 9.99 Å². The molecule has 5 rings (SSSR count). The van der Waals surface area contributed by atoms with Crippen molar-refractivity contribution in [3.05, 3.63) is 101 Å². The van der Waals surface area contributed by atoms with Gasteiger partial charge in [0, 0.05) is 29.0 Å². The summed E-state index contributed by atoms with van der Waals surface area (Å²) >= 11 is 6.69. The lowest BCUT2D eigenvalue weighted by molar-refractivity contribution is 0.0711. The molecule has 0 aliphatic carbocycles. The number of ether oxygens (including phenoxy) is 2. The SMILES string of the molecule is COc1cc2cc(C3CC(c4ccccc4)=NN3C(=O)c3ccccc3)c(Cl)nc2cc1OC. The molecule has 1 aromatic heterocycles. The summed E-state index contributed by atoms with van der Waals surface area (Å²) in [4.78, 5) is 18.1. The van der Waals surface area contributed by atoms with Gasteiger partial charge in [-0.1, -0.05) is 60.1 Å². The molecule has 0 bridgehead atoms. The van der Waals surface area contributed by atoms with E-state index in [1.807, 2.05) is 60.7 Å². The van der Waals surface area contributed by atoms with Crippen LogP contribution < -0.4 is 9.47 Å². The lowest BCUT2D eigenvalue weighted by Crippen LogP contribution is -2.27. The van der Waals surface area contributed by atoms with Crippen LogP contribution in [0.1, 0.15) is 33.9 Å². The van der Waals surface area contributed by atoms with Gasteiger partial charge in [0.2, 0.25) is 0 Å². The van der Waals surface area contributed by atoms with Crippen molar-refractivity contribution in [1.29, 1.82) is 0 Å². The Hall–Kier alpha value is -3.90. The minimum absolute atomic E-state index is 0.194. The van der Waals surface area contributed by atoms with E-state index in [1.54, 1.807) is 32.4 Å². The third kappa shape index (κ3) is 3.97. The van der Waals surface area contributed by atoms with Crippen LogP contribution in [-0.4, -0.2) is 35.8 Å². The zero-order chi connectivity index (χ0) is 23.7. The zero-order valence-corrected chi connectivity index (χ0v) is 19.5. The molecule has 7 heteroatoms. The molecule has 0 saturated carbocycles. The molecule has 1 unspecified atom stereocenters. The van der Waals surface area contributed by atoms with Crippen LogP contribution in [0.15, 0.2) is 84.0 Å². The third-order valence-electron chi connectivity index (χ3n) is 5.91. The van der Waals surface area contributed by atoms with Crippen LogP contribution >= 0.6 is 11.6 Å². The number of aromatic nitrogens is 1. The highest BCUT2D eigenvalue weighted by Crippen LogP contribution is 2.40. The Labute approximate surface area is 202 Å². The first-order chi connectivity index (χ1) is 16.6. The topological polar surface area (TPSA) is 64.0 Å². The van der Waals surface area contributed by atoms with Crippen LogP contribution in [0, 0.1) is 0 Å². The Morgan fingerprint density at radius 1 is 0.941 bits per heavy atom. The molecule has 1 aliphatic rings. The number of carbonyl (C=O) groups excluding carboxylic acids is 1. The molecule has 1 atom stereocenters. The van der Waals surface area contributed by atoms with E-state index in [1.165, 1.54) is 5.01 Å². The number of hydrogen-bond acceptors (Lipinski definition) is 5. The van der Waals surface area contributed by atoms with Crippen molar-refractivity contribution >= 4 is 34.1 Å². The quantitative estimate of drug-likeness (QED) is 0.340. The summed E-state index contributed by atoms with van der Waals surface area (Å²) in [6.07, 6.45) is 0.517. The Morgan fingerprint density at radius 3 is 2.26 bits per heavy atom. The van der Waals surface area contributed by atoms with E-state index in [4.69, 9.17) is 26.2 Å². The fraction of sp³-hybridized carbons (Fsp3) is 0.148. The van der Waals surface area contributed by atoms with Gasteiger partial charge >= 0.3 is 0 Å². The summed E-state index contributed by atoms with van der Waals surface area (Å²) in [6, 6.07) is 24.2. The minimum atomic E-state index is -0.402. The summed E-state index contributed by atoms with van der Waals surface area (Å²) in [7, 11) is 3.17. The second-order valence-electron chi connectivity index (χ2n) is 7.92. The fourth-order valence-corrected chi connectivity index (χ4v) is 4.46. The summed E-state index contributed by atoms with van der Waals surface area (Å²) in [5.74, 6) is 0.970. The highest BCUT2D eigenvalue weighted by atomic mass is 35.5. The number of fused-ring (bicyclic) bond motifs is 1. The van der Waals surface area contributed by atoms with Crippen LogP contribution in [-0.2, 0) is 0 Å². The first-order valence-electron chi connectivity index (χ1n) is 10.8. The van der Waals surface area contributed by atoms with Gasteiger partial charge in [-0.3, -0.25) is 4.79 Å². The van der Waals surface area contributed by atoms with Gasteiger partial charge in [-0.05, 0) is 29.8 Å². The van der Waals surface area contributed by atoms with E-state index in [0.29, 0.717) is 34.2 Å². The Bertz CT molecular complexity index is 1390. The highest BCUT2D eigenvalue weighted by Gasteiger charge is 2.35. The van der Waals surface area contributed by atoms with Crippen LogP contribution in [0.3, 0.4) is 0 Å². The van der Waals surface area contributed by atoms with Crippen molar-refractivity contribution in [2.24, 2.45) is 5.10 Å². The summed E-state index contributed by atoms with van der Waals surface area (Å²) in [6.45, 7) is 0. The number of methoxy groups -OCH3 is 2. The van der Waals surface area contributed by atoms with E-state index in [9.17, 15) is 4.79 Å². The van der Waals surface area contributed by atoms with E-state index < -0.39 is 6.04 Å². The maximum Gasteiger partial charge on any atom is 0.274 e. The molecule has 3 aromatic carbocycles. The van der Waals surface area contributed by atoms with Crippen molar-refractivity contribution in [2.75, 3.05) is 14.2 Å². The molecule has 4 aromatic rings. The van der Waals surface area contributed by atoms with Gasteiger partial charge in [-0.25, -0.2) is 9.99 Å². The number of hydrazone groups is 1. The van der Waals surface area contributed by atoms with E-state index in [2.05, 4.69) is 4.98 Å². The molecule has 2 heterocycles. The van der Waals surface area contributed by atoms with Crippen molar-refractivity contribution in [3.8, 4) is 11.5 Å². The summed E-state index contributed by atoms with van der Waals surface area (Å²) < 4.78 is 10.9. The molecule has 170 valence electrons. The normalized spacial score (nSPS) is 15.3. The number of nitrogens with zero attached hydrogens (tertiary/aromatic N) is 3. The van der Waals surface area contributed by atoms with Gasteiger partial charge in [0.05, 0.1) is 31.5 Å². The van der Waals surface area contributed by atoms with Crippen molar-refractivity contribution in [2.45, 2.75) is 12.5 Å². The van der Waals surface area contributed by atoms with Crippen LogP contribution in [0.2, 0.25) is 5.15 Å². The maximum atomic E-state index is 13.5. The molecule has 1 amide bonds. The third-order valence-corrected chi connectivity index (χ3v) is 6.21. The van der Waals surface area contributed by atoms with Gasteiger partial charge in [-0.2, -0.15) is 5.10 Å². The number of amides is 1. The number of benzene rings is 3. The molecule has 0 spiro atoms. The monoisotopic (exact) mass is 471 g/mol. The Kier molecular flexibility index (Phi) is 5.90. The standard InChI is InChI=1S/C27H22ClN3O3/c1-33-24-14-19-13-20(26(28)29-21(19)16-25(24)34-2)23-15-22(17-9-5-3-6-10-17)30-31(23)27(32)18-11-7-4-8-12-18/h3-14,16,23H,15H2,1-2H3. The predicted molar refractivity (Wildman–Crippen MR) is 133 cm³/mol. The number of halogens is 1. The fourth-order valence-electron chi connectivity index (χ4n) is 4.19. The smallest absolute Gasteiger partial charge is 0.274 e. The average molecular weight is 472 g/mol. The molecular weight excluding hydrogens is 450 g/mol. The van der Waals surface area contributed by atoms with Gasteiger partial charge in [0.1, 0.15) is 5.15 Å². The number of rotatable bonds is 5. The van der Waals surface area contributed by atoms with Crippen molar-refractivity contribution in [3.63, 3.8) is 0 Å². The van der Waals surface area contributed by atoms with E-state index in [0.717, 1.165) is 22.2 Å². The summed E-state index contributed by atoms with van der Waals surface area (Å²) in [5.41, 5.74) is 3.74. The van der Waals surface area contributed by atoms with E-state index >= 15 is 0 Å². The minimum Gasteiger partial charge on any atom is -0.493 e. The molecule has 0 fully saturated rings. The lowest BCUT2D eigenvalue weighted by atomic mass is 9.98. The maximum absolute atomic E-state index is 13.5. The van der Waals surface area contributed by atoms with Crippen molar-refractivity contribution < 1.29 is 14.3 Å². The van der Waals surface area contributed by atoms with E-state index in [-0.39, 0.29) is 5.91 Å². The van der Waals surface area contributed by atoms with Gasteiger partial charge in [-0.15, -0.1) is 0 Å². The van der Waals surface area contributed by atoms with Crippen LogP contribution in [0.4, 0.5) is 0 Å². The van der Waals surface area contributed by atoms with Gasteiger partial charge in [0.15, 0.2) is 11.5 Å². The van der Waals surface area contributed by atoms with Crippen LogP contribution in [0.25, 0.3) is 10.9 Å². The second-order valence-corrected chi connectivity index (χ2v) is 8.27. The molecule has 1 aliphatic heterocycles. The molecule has 6 nitrogen and oxygen atoms in total. The number of hydrogen-bond donors (Lipinski definition) is 0. The average Bonchev–Trinajstić information content (AvgIpc) is 3.33. The summed E-state index contributed by atoms with van der Waals surface area (Å²) in [5, 5.41) is 7.42. The largest absolute Gasteiger partial charge is 0.493 e. The number of pyridine rings is 1. The van der Waals surface area contributed by atoms with Crippen LogP contribution in [0.5, 0.6) is 11.5 Å². The number of carbonyl (C=O) groups is 1. The first-order valence-corrected chi connectivity index (χ1v) is 11.2. The molecular formula is C27H22ClN3O3. The first kappa shape index (κ1) is 21.9. The molecule has 0 saturated heterocycles. The second kappa shape index (κ2) is 9.15. The Morgan fingerprint density at radius 2 is 1.59 bits per heavy atom. The predicted octanol–water partition coefficient (Wildman–Crippen LogP) is 5.90. The Balaban J connectivity index is 1.61. The highest BCUT2D eigenvalue weighted by molar-refractivity contribution is 6.30. The molecule has 34 heavy (non-hydrogen) atoms. The van der Waals surface area contributed by atoms with Gasteiger partial charge in [0.25, 0.3) is 5.91 Å². The molecule has 0 N–H and O–H groups in total. The molecule has 0 radical (unpaired) electrons. The lowest BCUT2D eigenvalue weighted by Gasteiger charge is -2.23. The zero-order valence-electron chi connectivity index (χ0n) is 18.7. The van der Waals surface area contributed by atoms with Gasteiger partial charge < -0.3 is 9.47 Å².